The number of nitrogens with zero attached hydrogens (tertiary/aromatic N) is 2. The predicted octanol–water partition coefficient (Wildman–Crippen LogP) is 11.8. The molecule has 4 aromatic carbocycles. The minimum Gasteiger partial charge on any atom is -0.478 e. The van der Waals surface area contributed by atoms with Gasteiger partial charge in [0.05, 0.1) is 29.5 Å². The number of benzene rings is 4. The molecule has 0 radical (unpaired) electrons. The van der Waals surface area contributed by atoms with Crippen molar-refractivity contribution in [2.75, 3.05) is 13.1 Å². The van der Waals surface area contributed by atoms with Crippen molar-refractivity contribution in [3.05, 3.63) is 180 Å². The van der Waals surface area contributed by atoms with Gasteiger partial charge in [0.1, 0.15) is 24.2 Å². The van der Waals surface area contributed by atoms with Gasteiger partial charge in [-0.05, 0) is 96.1 Å². The van der Waals surface area contributed by atoms with Crippen LogP contribution < -0.4 is 11.1 Å². The quantitative estimate of drug-likeness (QED) is 0.0729. The number of furan rings is 2. The lowest BCUT2D eigenvalue weighted by atomic mass is 9.90. The number of carboxylic acid groups (broad SMARTS) is 1. The number of hydrogen-bond donors (Lipinski definition) is 3. The Hall–Kier alpha value is -8.25. The smallest absolute Gasteiger partial charge is 0.458 e. The first-order valence-corrected chi connectivity index (χ1v) is 21.2. The second-order valence-electron chi connectivity index (χ2n) is 17.0. The Labute approximate surface area is 397 Å². The third-order valence-corrected chi connectivity index (χ3v) is 10.7. The van der Waals surface area contributed by atoms with E-state index in [-0.39, 0.29) is 51.8 Å². The van der Waals surface area contributed by atoms with Crippen LogP contribution in [-0.2, 0) is 10.8 Å². The van der Waals surface area contributed by atoms with Crippen molar-refractivity contribution >= 4 is 23.4 Å². The highest BCUT2D eigenvalue weighted by atomic mass is 19.4. The largest absolute Gasteiger partial charge is 0.478 e. The van der Waals surface area contributed by atoms with Crippen LogP contribution in [0.5, 0.6) is 0 Å². The summed E-state index contributed by atoms with van der Waals surface area (Å²) >= 11 is 0. The second kappa shape index (κ2) is 21.4. The number of aromatic carboxylic acids is 1. The third kappa shape index (κ3) is 12.8. The lowest BCUT2D eigenvalue weighted by molar-refractivity contribution is -0.0899. The lowest BCUT2D eigenvalue weighted by Crippen LogP contribution is -2.37. The highest BCUT2D eigenvalue weighted by molar-refractivity contribution is 5.99. The van der Waals surface area contributed by atoms with Crippen LogP contribution in [0.25, 0.3) is 45.2 Å². The zero-order valence-corrected chi connectivity index (χ0v) is 38.2. The Bertz CT molecular complexity index is 3110. The number of carboxylic acids is 1. The zero-order chi connectivity index (χ0) is 51.0. The first kappa shape index (κ1) is 51.1. The molecule has 0 saturated carbocycles. The van der Waals surface area contributed by atoms with E-state index in [0.29, 0.717) is 46.3 Å². The lowest BCUT2D eigenvalue weighted by Gasteiger charge is -2.22. The topological polar surface area (TPSA) is 205 Å². The van der Waals surface area contributed by atoms with E-state index in [1.54, 1.807) is 66.9 Å². The molecule has 4 aromatic heterocycles. The molecule has 70 heavy (non-hydrogen) atoms. The van der Waals surface area contributed by atoms with Gasteiger partial charge >= 0.3 is 17.9 Å². The van der Waals surface area contributed by atoms with Gasteiger partial charge in [0, 0.05) is 58.7 Å². The molecular formula is C52H45F5N4O9. The molecule has 0 spiro atoms. The fraction of sp³-hybridized carbons (Fsp3) is 0.192. The fourth-order valence-electron chi connectivity index (χ4n) is 6.31. The number of nitrogens with two attached hydrogens (primary N) is 1. The summed E-state index contributed by atoms with van der Waals surface area (Å²) in [6, 6.07) is 27.0. The number of ketones is 2. The van der Waals surface area contributed by atoms with Gasteiger partial charge in [-0.15, -0.1) is 0 Å². The number of carbonyl (C=O) groups excluding carboxylic acids is 3. The van der Waals surface area contributed by atoms with Crippen LogP contribution in [0, 0.1) is 11.6 Å². The SMILES string of the molecule is CC(=O)c1cc(-c2cccc(C(=O)O)c2)co1.CC(C)(CN)c1coc(-c2ccc(F)cc2)n1.CC(C)(CNC(=O)c1cccc(-c2coc(C(=O)C(F)(F)F)c2)c1)c1coc(-c2ccc(F)cc2)n1. The monoisotopic (exact) mass is 964 g/mol. The summed E-state index contributed by atoms with van der Waals surface area (Å²) in [5.41, 5.74) is 10.1. The minimum atomic E-state index is -5.05. The zero-order valence-electron chi connectivity index (χ0n) is 38.2. The molecule has 18 heteroatoms. The molecule has 4 N–H and O–H groups in total. The van der Waals surface area contributed by atoms with Gasteiger partial charge in [-0.3, -0.25) is 14.4 Å². The number of rotatable bonds is 13. The molecular weight excluding hydrogens is 920 g/mol. The van der Waals surface area contributed by atoms with Crippen molar-refractivity contribution < 1.29 is 63.9 Å². The second-order valence-corrected chi connectivity index (χ2v) is 17.0. The van der Waals surface area contributed by atoms with E-state index in [1.165, 1.54) is 61.9 Å². The minimum absolute atomic E-state index is 0.161. The molecule has 4 heterocycles. The summed E-state index contributed by atoms with van der Waals surface area (Å²) in [6.45, 7) is 9.82. The van der Waals surface area contributed by atoms with Crippen LogP contribution in [-0.4, -0.2) is 57.8 Å². The van der Waals surface area contributed by atoms with Crippen molar-refractivity contribution in [1.82, 2.24) is 15.3 Å². The van der Waals surface area contributed by atoms with Crippen molar-refractivity contribution in [1.29, 1.82) is 0 Å². The Morgan fingerprint density at radius 3 is 1.50 bits per heavy atom. The van der Waals surface area contributed by atoms with E-state index < -0.39 is 35.0 Å². The van der Waals surface area contributed by atoms with Crippen LogP contribution in [0.15, 0.2) is 152 Å². The van der Waals surface area contributed by atoms with E-state index in [4.69, 9.17) is 28.5 Å². The number of hydrogen-bond acceptors (Lipinski definition) is 11. The number of Topliss-reactive ketones (excluding diaryl/α,β-unsaturated/α-hetero) is 2. The van der Waals surface area contributed by atoms with Crippen LogP contribution in [0.4, 0.5) is 22.0 Å². The van der Waals surface area contributed by atoms with Gasteiger partial charge in [0.2, 0.25) is 11.8 Å². The van der Waals surface area contributed by atoms with E-state index in [0.717, 1.165) is 23.6 Å². The summed E-state index contributed by atoms with van der Waals surface area (Å²) in [5.74, 6) is -4.05. The molecule has 0 fully saturated rings. The molecule has 13 nitrogen and oxygen atoms in total. The van der Waals surface area contributed by atoms with E-state index in [1.807, 2.05) is 27.7 Å². The summed E-state index contributed by atoms with van der Waals surface area (Å²) in [7, 11) is 0. The highest BCUT2D eigenvalue weighted by Gasteiger charge is 2.41. The number of aromatic nitrogens is 2. The normalized spacial score (nSPS) is 11.5. The van der Waals surface area contributed by atoms with E-state index in [9.17, 15) is 41.1 Å². The van der Waals surface area contributed by atoms with Gasteiger partial charge in [-0.25, -0.2) is 23.5 Å². The summed E-state index contributed by atoms with van der Waals surface area (Å²) < 4.78 is 84.6. The maximum atomic E-state index is 13.2. The van der Waals surface area contributed by atoms with Crippen molar-refractivity contribution in [3.63, 3.8) is 0 Å². The first-order chi connectivity index (χ1) is 33.0. The van der Waals surface area contributed by atoms with Crippen molar-refractivity contribution in [2.24, 2.45) is 5.73 Å². The van der Waals surface area contributed by atoms with E-state index in [2.05, 4.69) is 15.3 Å². The predicted molar refractivity (Wildman–Crippen MR) is 247 cm³/mol. The Kier molecular flexibility index (Phi) is 15.6. The van der Waals surface area contributed by atoms with Crippen LogP contribution in [0.3, 0.4) is 0 Å². The number of nitrogens with one attached hydrogen (secondary N) is 1. The summed E-state index contributed by atoms with van der Waals surface area (Å²) in [4.78, 5) is 54.9. The maximum Gasteiger partial charge on any atom is 0.458 e. The summed E-state index contributed by atoms with van der Waals surface area (Å²) in [5, 5.41) is 11.7. The fourth-order valence-corrected chi connectivity index (χ4v) is 6.31. The summed E-state index contributed by atoms with van der Waals surface area (Å²) in [6.07, 6.45) is 0.503. The number of oxazole rings is 2. The molecule has 8 aromatic rings. The molecule has 0 saturated heterocycles. The van der Waals surface area contributed by atoms with Crippen LogP contribution >= 0.6 is 0 Å². The Balaban J connectivity index is 0.000000196. The Morgan fingerprint density at radius 1 is 0.586 bits per heavy atom. The molecule has 0 aliphatic rings. The maximum absolute atomic E-state index is 13.2. The van der Waals surface area contributed by atoms with Gasteiger partial charge in [-0.1, -0.05) is 52.0 Å². The number of halogens is 5. The third-order valence-electron chi connectivity index (χ3n) is 10.7. The number of carbonyl (C=O) groups is 4. The van der Waals surface area contributed by atoms with Crippen molar-refractivity contribution in [2.45, 2.75) is 51.6 Å². The molecule has 0 bridgehead atoms. The van der Waals surface area contributed by atoms with Crippen LogP contribution in [0.2, 0.25) is 0 Å². The van der Waals surface area contributed by atoms with Crippen molar-refractivity contribution in [3.8, 4) is 45.2 Å². The first-order valence-electron chi connectivity index (χ1n) is 21.2. The van der Waals surface area contributed by atoms with Gasteiger partial charge in [0.15, 0.2) is 17.3 Å². The van der Waals surface area contributed by atoms with Gasteiger partial charge in [0.25, 0.3) is 5.91 Å². The average molecular weight is 965 g/mol. The van der Waals surface area contributed by atoms with Gasteiger partial charge < -0.3 is 33.8 Å². The van der Waals surface area contributed by atoms with E-state index >= 15 is 0 Å². The highest BCUT2D eigenvalue weighted by Crippen LogP contribution is 2.30. The molecule has 1 amide bonds. The molecule has 362 valence electrons. The number of alkyl halides is 3. The molecule has 8 rings (SSSR count). The van der Waals surface area contributed by atoms with Gasteiger partial charge in [-0.2, -0.15) is 13.2 Å². The number of amides is 1. The standard InChI is InChI=1S/C26H20F4N2O4.C13H15FN2O.C13H10O4/c1-25(2,21-13-36-24(32-21)15-6-8-19(27)9-7-15)14-31-23(34)17-5-3-4-16(10-17)18-11-20(35-12-18)22(33)26(28,29)30;1-13(2,8-15)11-7-17-12(16-11)9-3-5-10(14)6-4-9;1-8(14)12-6-11(7-17-12)9-3-2-4-10(5-9)13(15)16/h3-13H,14H2,1-2H3,(H,31,34);3-7H,8,15H2,1-2H3;2-7H,1H3,(H,15,16). The average Bonchev–Trinajstić information content (AvgIpc) is 4.19. The molecule has 0 aliphatic heterocycles. The van der Waals surface area contributed by atoms with Crippen LogP contribution in [0.1, 0.15) is 87.8 Å². The molecule has 0 aliphatic carbocycles. The molecule has 0 atom stereocenters. The Morgan fingerprint density at radius 2 is 1.04 bits per heavy atom. The molecule has 0 unspecified atom stereocenters.